The number of Topliss-reactive ketones (excluding diaryl/α,β-unsaturated/α-hetero) is 1. The number of aliphatic hydroxyl groups is 2. The van der Waals surface area contributed by atoms with Crippen LogP contribution < -0.4 is 0 Å². The number of carbonyl (C=O) groups excluding carboxylic acids is 1. The molecule has 2 unspecified atom stereocenters. The Morgan fingerprint density at radius 3 is 2.79 bits per heavy atom. The zero-order valence-corrected chi connectivity index (χ0v) is 15.7. The topological polar surface area (TPSA) is 66.8 Å². The van der Waals surface area contributed by atoms with Crippen LogP contribution in [0.5, 0.6) is 0 Å². The summed E-state index contributed by atoms with van der Waals surface area (Å²) >= 11 is 0. The van der Waals surface area contributed by atoms with Crippen molar-refractivity contribution in [1.82, 2.24) is 0 Å². The van der Waals surface area contributed by atoms with Gasteiger partial charge in [0, 0.05) is 18.9 Å². The molecule has 0 aliphatic carbocycles. The van der Waals surface area contributed by atoms with Crippen molar-refractivity contribution in [3.8, 4) is 0 Å². The van der Waals surface area contributed by atoms with Crippen LogP contribution in [0.3, 0.4) is 0 Å². The van der Waals surface area contributed by atoms with Gasteiger partial charge in [-0.15, -0.1) is 0 Å². The zero-order chi connectivity index (χ0) is 18.2. The van der Waals surface area contributed by atoms with Gasteiger partial charge in [0.1, 0.15) is 11.9 Å². The van der Waals surface area contributed by atoms with E-state index in [0.29, 0.717) is 19.4 Å². The normalized spacial score (nSPS) is 27.6. The lowest BCUT2D eigenvalue weighted by Crippen LogP contribution is -2.42. The molecule has 4 nitrogen and oxygen atoms in total. The molecule has 0 aromatic rings. The van der Waals surface area contributed by atoms with Crippen LogP contribution in [0.4, 0.5) is 0 Å². The van der Waals surface area contributed by atoms with Gasteiger partial charge in [-0.3, -0.25) is 4.79 Å². The minimum atomic E-state index is -0.691. The highest BCUT2D eigenvalue weighted by Gasteiger charge is 2.37. The second-order valence-corrected chi connectivity index (χ2v) is 7.37. The summed E-state index contributed by atoms with van der Waals surface area (Å²) in [6.45, 7) is 8.47. The quantitative estimate of drug-likeness (QED) is 0.664. The Labute approximate surface area is 146 Å². The molecule has 1 rings (SSSR count). The molecular weight excluding hydrogens is 304 g/mol. The van der Waals surface area contributed by atoms with Crippen molar-refractivity contribution in [3.63, 3.8) is 0 Å². The highest BCUT2D eigenvalue weighted by atomic mass is 16.5. The van der Waals surface area contributed by atoms with Crippen molar-refractivity contribution in [2.45, 2.75) is 77.9 Å². The molecule has 1 saturated heterocycles. The van der Waals surface area contributed by atoms with Gasteiger partial charge < -0.3 is 14.9 Å². The average Bonchev–Trinajstić information content (AvgIpc) is 2.66. The molecule has 0 radical (unpaired) electrons. The van der Waals surface area contributed by atoms with Crippen molar-refractivity contribution in [3.05, 3.63) is 23.3 Å². The van der Waals surface area contributed by atoms with Gasteiger partial charge >= 0.3 is 0 Å². The summed E-state index contributed by atoms with van der Waals surface area (Å²) in [6, 6.07) is 0. The molecule has 1 aliphatic rings. The lowest BCUT2D eigenvalue weighted by molar-refractivity contribution is -0.122. The van der Waals surface area contributed by atoms with Gasteiger partial charge in [0.15, 0.2) is 0 Å². The molecule has 24 heavy (non-hydrogen) atoms. The molecule has 0 amide bonds. The van der Waals surface area contributed by atoms with Crippen LogP contribution in [0.2, 0.25) is 0 Å². The maximum Gasteiger partial charge on any atom is 0.139 e. The largest absolute Gasteiger partial charge is 0.392 e. The van der Waals surface area contributed by atoms with Crippen molar-refractivity contribution in [2.75, 3.05) is 13.2 Å². The Kier molecular flexibility index (Phi) is 8.88. The van der Waals surface area contributed by atoms with Gasteiger partial charge in [-0.25, -0.2) is 0 Å². The van der Waals surface area contributed by atoms with E-state index in [0.717, 1.165) is 31.3 Å². The molecule has 138 valence electrons. The number of hydrogen-bond acceptors (Lipinski definition) is 4. The van der Waals surface area contributed by atoms with E-state index in [1.807, 2.05) is 33.8 Å². The van der Waals surface area contributed by atoms with E-state index in [1.54, 1.807) is 6.08 Å². The number of carbonyl (C=O) groups is 1. The number of rotatable bonds is 8. The molecule has 1 fully saturated rings. The Morgan fingerprint density at radius 2 is 2.17 bits per heavy atom. The van der Waals surface area contributed by atoms with E-state index in [1.165, 1.54) is 5.57 Å². The van der Waals surface area contributed by atoms with Gasteiger partial charge in [0.05, 0.1) is 12.2 Å². The van der Waals surface area contributed by atoms with Crippen LogP contribution in [0.25, 0.3) is 0 Å². The fourth-order valence-electron chi connectivity index (χ4n) is 3.16. The van der Waals surface area contributed by atoms with Gasteiger partial charge in [0.2, 0.25) is 0 Å². The molecule has 0 saturated carbocycles. The monoisotopic (exact) mass is 338 g/mol. The number of hydrogen-bond donors (Lipinski definition) is 2. The van der Waals surface area contributed by atoms with Gasteiger partial charge in [0.25, 0.3) is 0 Å². The smallest absolute Gasteiger partial charge is 0.139 e. The number of allylic oxidation sites excluding steroid dienone is 2. The van der Waals surface area contributed by atoms with E-state index in [9.17, 15) is 9.90 Å². The van der Waals surface area contributed by atoms with Crippen molar-refractivity contribution in [1.29, 1.82) is 0 Å². The summed E-state index contributed by atoms with van der Waals surface area (Å²) in [6.07, 6.45) is 7.45. The third kappa shape index (κ3) is 6.50. The summed E-state index contributed by atoms with van der Waals surface area (Å²) < 4.78 is 5.93. The van der Waals surface area contributed by atoms with Crippen LogP contribution in [0.1, 0.15) is 66.2 Å². The molecule has 1 heterocycles. The Bertz CT molecular complexity index is 462. The minimum absolute atomic E-state index is 0.0274. The standard InChI is InChI=1S/C20H34O4/c1-15(2)9-10-18(22)16(3)7-5-12-20(4)19(23)17(11-13-21)8-6-14-24-20/h9,11,16,19,21,23H,5-8,10,12-14H2,1-4H3/t16?,19-,20?/m1/s1. The van der Waals surface area contributed by atoms with E-state index in [4.69, 9.17) is 9.84 Å². The molecule has 1 aliphatic heterocycles. The minimum Gasteiger partial charge on any atom is -0.392 e. The first-order chi connectivity index (χ1) is 11.3. The van der Waals surface area contributed by atoms with Crippen molar-refractivity contribution < 1.29 is 19.7 Å². The van der Waals surface area contributed by atoms with E-state index < -0.39 is 11.7 Å². The summed E-state index contributed by atoms with van der Waals surface area (Å²) in [5, 5.41) is 19.8. The lowest BCUT2D eigenvalue weighted by atomic mass is 9.85. The summed E-state index contributed by atoms with van der Waals surface area (Å²) in [7, 11) is 0. The highest BCUT2D eigenvalue weighted by Crippen LogP contribution is 2.33. The van der Waals surface area contributed by atoms with E-state index in [2.05, 4.69) is 0 Å². The molecule has 2 N–H and O–H groups in total. The summed E-state index contributed by atoms with van der Waals surface area (Å²) in [5.41, 5.74) is 1.40. The fourth-order valence-corrected chi connectivity index (χ4v) is 3.16. The second-order valence-electron chi connectivity index (χ2n) is 7.37. The van der Waals surface area contributed by atoms with Crippen LogP contribution >= 0.6 is 0 Å². The maximum atomic E-state index is 12.1. The fraction of sp³-hybridized carbons (Fsp3) is 0.750. The molecule has 4 heteroatoms. The molecule has 0 aromatic carbocycles. The van der Waals surface area contributed by atoms with Gasteiger partial charge in [-0.05, 0) is 58.4 Å². The Hall–Kier alpha value is -0.970. The van der Waals surface area contributed by atoms with Gasteiger partial charge in [-0.2, -0.15) is 0 Å². The van der Waals surface area contributed by atoms with Gasteiger partial charge in [-0.1, -0.05) is 24.6 Å². The number of ether oxygens (including phenoxy) is 1. The van der Waals surface area contributed by atoms with E-state index >= 15 is 0 Å². The first kappa shape index (κ1) is 21.1. The summed E-state index contributed by atoms with van der Waals surface area (Å²) in [4.78, 5) is 12.1. The first-order valence-corrected chi connectivity index (χ1v) is 9.08. The maximum absolute atomic E-state index is 12.1. The molecule has 0 bridgehead atoms. The average molecular weight is 338 g/mol. The van der Waals surface area contributed by atoms with Crippen molar-refractivity contribution in [2.24, 2.45) is 5.92 Å². The first-order valence-electron chi connectivity index (χ1n) is 9.08. The van der Waals surface area contributed by atoms with Crippen LogP contribution in [-0.2, 0) is 9.53 Å². The van der Waals surface area contributed by atoms with Crippen LogP contribution in [0, 0.1) is 5.92 Å². The van der Waals surface area contributed by atoms with Crippen LogP contribution in [-0.4, -0.2) is 40.9 Å². The Morgan fingerprint density at radius 1 is 1.46 bits per heavy atom. The second kappa shape index (κ2) is 10.1. The third-order valence-corrected chi connectivity index (χ3v) is 4.90. The highest BCUT2D eigenvalue weighted by molar-refractivity contribution is 5.82. The molecular formula is C20H34O4. The number of ketones is 1. The SMILES string of the molecule is CC(C)=CCC(=O)C(C)CCCC1(C)OCCCC(=CCO)[C@H]1O. The van der Waals surface area contributed by atoms with Crippen molar-refractivity contribution >= 4 is 5.78 Å². The summed E-state index contributed by atoms with van der Waals surface area (Å²) in [5.74, 6) is 0.295. The zero-order valence-electron chi connectivity index (χ0n) is 15.7. The third-order valence-electron chi connectivity index (χ3n) is 4.90. The molecule has 0 aromatic heterocycles. The predicted octanol–water partition coefficient (Wildman–Crippen LogP) is 3.57. The molecule has 3 atom stereocenters. The predicted molar refractivity (Wildman–Crippen MR) is 96.8 cm³/mol. The molecule has 0 spiro atoms. The van der Waals surface area contributed by atoms with E-state index in [-0.39, 0.29) is 18.3 Å². The van der Waals surface area contributed by atoms with Crippen LogP contribution in [0.15, 0.2) is 23.3 Å². The lowest BCUT2D eigenvalue weighted by Gasteiger charge is -2.34. The number of aliphatic hydroxyl groups excluding tert-OH is 2. The Balaban J connectivity index is 2.56.